The molecule has 1 N–H and O–H groups in total. The Morgan fingerprint density at radius 1 is 1.22 bits per heavy atom. The SMILES string of the molecule is CCCCCCC(C)(C)c1ccc2c(c1)OC(C)(C)[C@H]1CCC(=O)C[C@@]21O. The molecular formula is C24H36O3. The Kier molecular flexibility index (Phi) is 5.46. The summed E-state index contributed by atoms with van der Waals surface area (Å²) in [5.41, 5.74) is 0.531. The Hall–Kier alpha value is -1.35. The Balaban J connectivity index is 1.92. The highest BCUT2D eigenvalue weighted by atomic mass is 16.5. The summed E-state index contributed by atoms with van der Waals surface area (Å²) >= 11 is 0. The van der Waals surface area contributed by atoms with Gasteiger partial charge in [-0.05, 0) is 43.7 Å². The maximum atomic E-state index is 12.1. The second-order valence-corrected chi connectivity index (χ2v) is 9.84. The van der Waals surface area contributed by atoms with Gasteiger partial charge < -0.3 is 9.84 Å². The highest BCUT2D eigenvalue weighted by Gasteiger charge is 2.55. The van der Waals surface area contributed by atoms with E-state index < -0.39 is 11.2 Å². The van der Waals surface area contributed by atoms with Crippen molar-refractivity contribution in [1.29, 1.82) is 0 Å². The molecule has 2 atom stereocenters. The second-order valence-electron chi connectivity index (χ2n) is 9.84. The van der Waals surface area contributed by atoms with Crippen molar-refractivity contribution in [2.24, 2.45) is 5.92 Å². The molecule has 3 heteroatoms. The van der Waals surface area contributed by atoms with E-state index in [9.17, 15) is 9.90 Å². The maximum Gasteiger partial charge on any atom is 0.136 e. The van der Waals surface area contributed by atoms with Gasteiger partial charge >= 0.3 is 0 Å². The van der Waals surface area contributed by atoms with E-state index in [0.717, 1.165) is 17.7 Å². The van der Waals surface area contributed by atoms with Gasteiger partial charge in [0.2, 0.25) is 0 Å². The molecule has 3 nitrogen and oxygen atoms in total. The topological polar surface area (TPSA) is 46.5 Å². The van der Waals surface area contributed by atoms with Gasteiger partial charge in [-0.3, -0.25) is 4.79 Å². The van der Waals surface area contributed by atoms with Crippen LogP contribution in [0.2, 0.25) is 0 Å². The molecule has 0 unspecified atom stereocenters. The van der Waals surface area contributed by atoms with Crippen LogP contribution >= 0.6 is 0 Å². The molecule has 2 aliphatic rings. The summed E-state index contributed by atoms with van der Waals surface area (Å²) in [5, 5.41) is 11.5. The first-order valence-electron chi connectivity index (χ1n) is 10.7. The molecule has 150 valence electrons. The number of aliphatic hydroxyl groups is 1. The molecule has 0 radical (unpaired) electrons. The molecule has 3 rings (SSSR count). The van der Waals surface area contributed by atoms with Crippen molar-refractivity contribution >= 4 is 5.78 Å². The van der Waals surface area contributed by atoms with Gasteiger partial charge in [0, 0.05) is 24.3 Å². The standard InChI is InChI=1S/C24H36O3/c1-6-7-8-9-14-22(2,3)17-10-12-19-20(15-17)27-23(4,5)21-13-11-18(25)16-24(19,21)26/h10,12,15,21,26H,6-9,11,13-14,16H2,1-5H3/t21-,24-/m1/s1. The number of carbonyl (C=O) groups is 1. The summed E-state index contributed by atoms with van der Waals surface area (Å²) in [6, 6.07) is 6.26. The van der Waals surface area contributed by atoms with Gasteiger partial charge in [-0.1, -0.05) is 58.6 Å². The van der Waals surface area contributed by atoms with Gasteiger partial charge in [-0.2, -0.15) is 0 Å². The Labute approximate surface area is 164 Å². The monoisotopic (exact) mass is 372 g/mol. The molecule has 1 fully saturated rings. The minimum atomic E-state index is -1.10. The largest absolute Gasteiger partial charge is 0.487 e. The number of Topliss-reactive ketones (excluding diaryl/α,β-unsaturated/α-hetero) is 1. The summed E-state index contributed by atoms with van der Waals surface area (Å²) < 4.78 is 6.40. The number of fused-ring (bicyclic) bond motifs is 3. The molecule has 0 spiro atoms. The third kappa shape index (κ3) is 3.81. The average molecular weight is 373 g/mol. The molecule has 1 heterocycles. The molecule has 1 saturated carbocycles. The number of hydrogen-bond acceptors (Lipinski definition) is 3. The van der Waals surface area contributed by atoms with E-state index >= 15 is 0 Å². The van der Waals surface area contributed by atoms with Crippen LogP contribution in [0.25, 0.3) is 0 Å². The molecule has 1 aliphatic carbocycles. The summed E-state index contributed by atoms with van der Waals surface area (Å²) in [5.74, 6) is 0.855. The van der Waals surface area contributed by atoms with Crippen LogP contribution in [0.5, 0.6) is 5.75 Å². The highest BCUT2D eigenvalue weighted by molar-refractivity contribution is 5.81. The van der Waals surface area contributed by atoms with Crippen LogP contribution in [0, 0.1) is 5.92 Å². The molecule has 27 heavy (non-hydrogen) atoms. The van der Waals surface area contributed by atoms with E-state index in [1.54, 1.807) is 0 Å². The van der Waals surface area contributed by atoms with Gasteiger partial charge in [-0.15, -0.1) is 0 Å². The highest BCUT2D eigenvalue weighted by Crippen LogP contribution is 2.54. The van der Waals surface area contributed by atoms with Crippen LogP contribution in [0.4, 0.5) is 0 Å². The first-order chi connectivity index (χ1) is 12.6. The van der Waals surface area contributed by atoms with Gasteiger partial charge in [0.05, 0.1) is 0 Å². The summed E-state index contributed by atoms with van der Waals surface area (Å²) in [4.78, 5) is 12.1. The van der Waals surface area contributed by atoms with Gasteiger partial charge in [0.1, 0.15) is 22.7 Å². The maximum absolute atomic E-state index is 12.1. The zero-order valence-electron chi connectivity index (χ0n) is 17.7. The zero-order valence-corrected chi connectivity index (χ0v) is 17.7. The Bertz CT molecular complexity index is 704. The number of unbranched alkanes of at least 4 members (excludes halogenated alkanes) is 3. The fraction of sp³-hybridized carbons (Fsp3) is 0.708. The van der Waals surface area contributed by atoms with Crippen molar-refractivity contribution in [2.45, 2.75) is 103 Å². The minimum absolute atomic E-state index is 0.0527. The van der Waals surface area contributed by atoms with E-state index in [2.05, 4.69) is 32.9 Å². The molecule has 1 aliphatic heterocycles. The van der Waals surface area contributed by atoms with E-state index in [4.69, 9.17) is 4.74 Å². The van der Waals surface area contributed by atoms with Gasteiger partial charge in [-0.25, -0.2) is 0 Å². The van der Waals surface area contributed by atoms with Crippen molar-refractivity contribution in [2.75, 3.05) is 0 Å². The Morgan fingerprint density at radius 3 is 2.67 bits per heavy atom. The van der Waals surface area contributed by atoms with Crippen LogP contribution in [0.1, 0.15) is 97.1 Å². The number of ketones is 1. The van der Waals surface area contributed by atoms with Crippen molar-refractivity contribution in [3.8, 4) is 5.75 Å². The van der Waals surface area contributed by atoms with Crippen LogP contribution < -0.4 is 4.74 Å². The van der Waals surface area contributed by atoms with E-state index in [-0.39, 0.29) is 23.5 Å². The lowest BCUT2D eigenvalue weighted by Gasteiger charge is -2.52. The van der Waals surface area contributed by atoms with Crippen molar-refractivity contribution < 1.29 is 14.6 Å². The zero-order chi connectivity index (χ0) is 19.9. The van der Waals surface area contributed by atoms with Crippen LogP contribution in [0.3, 0.4) is 0 Å². The molecule has 0 aromatic heterocycles. The van der Waals surface area contributed by atoms with Gasteiger partial charge in [0.15, 0.2) is 0 Å². The predicted octanol–water partition coefficient (Wildman–Crippen LogP) is 5.66. The lowest BCUT2D eigenvalue weighted by Crippen LogP contribution is -2.56. The molecule has 1 aromatic carbocycles. The smallest absolute Gasteiger partial charge is 0.136 e. The lowest BCUT2D eigenvalue weighted by atomic mass is 9.63. The van der Waals surface area contributed by atoms with Crippen LogP contribution in [-0.2, 0) is 15.8 Å². The average Bonchev–Trinajstić information content (AvgIpc) is 2.57. The molecule has 0 saturated heterocycles. The van der Waals surface area contributed by atoms with Crippen LogP contribution in [0.15, 0.2) is 18.2 Å². The first kappa shape index (κ1) is 20.4. The number of ether oxygens (including phenoxy) is 1. The van der Waals surface area contributed by atoms with Crippen molar-refractivity contribution in [3.63, 3.8) is 0 Å². The normalized spacial score (nSPS) is 26.9. The molecule has 1 aromatic rings. The van der Waals surface area contributed by atoms with Crippen molar-refractivity contribution in [1.82, 2.24) is 0 Å². The lowest BCUT2D eigenvalue weighted by molar-refractivity contribution is -0.160. The second kappa shape index (κ2) is 7.24. The summed E-state index contributed by atoms with van der Waals surface area (Å²) in [6.07, 6.45) is 7.62. The third-order valence-electron chi connectivity index (χ3n) is 6.85. The molecule has 0 amide bonds. The third-order valence-corrected chi connectivity index (χ3v) is 6.85. The number of hydrogen-bond donors (Lipinski definition) is 1. The number of rotatable bonds is 6. The molecular weight excluding hydrogens is 336 g/mol. The summed E-state index contributed by atoms with van der Waals surface area (Å²) in [7, 11) is 0. The van der Waals surface area contributed by atoms with E-state index in [1.807, 2.05) is 19.9 Å². The molecule has 0 bridgehead atoms. The van der Waals surface area contributed by atoms with E-state index in [1.165, 1.54) is 31.2 Å². The van der Waals surface area contributed by atoms with Crippen molar-refractivity contribution in [3.05, 3.63) is 29.3 Å². The first-order valence-corrected chi connectivity index (χ1v) is 10.7. The quantitative estimate of drug-likeness (QED) is 0.655. The van der Waals surface area contributed by atoms with E-state index in [0.29, 0.717) is 12.8 Å². The summed E-state index contributed by atoms with van der Waals surface area (Å²) in [6.45, 7) is 10.9. The minimum Gasteiger partial charge on any atom is -0.487 e. The number of benzene rings is 1. The fourth-order valence-corrected chi connectivity index (χ4v) is 5.14. The Morgan fingerprint density at radius 2 is 1.96 bits per heavy atom. The van der Waals surface area contributed by atoms with Crippen LogP contribution in [-0.4, -0.2) is 16.5 Å². The number of carbonyl (C=O) groups excluding carboxylic acids is 1. The fourth-order valence-electron chi connectivity index (χ4n) is 5.14. The predicted molar refractivity (Wildman–Crippen MR) is 109 cm³/mol. The van der Waals surface area contributed by atoms with Gasteiger partial charge in [0.25, 0.3) is 0 Å².